The first-order valence-corrected chi connectivity index (χ1v) is 8.72. The van der Waals surface area contributed by atoms with Gasteiger partial charge in [0.2, 0.25) is 5.91 Å². The predicted molar refractivity (Wildman–Crippen MR) is 87.4 cm³/mol. The van der Waals surface area contributed by atoms with Crippen molar-refractivity contribution in [1.82, 2.24) is 10.2 Å². The fourth-order valence-electron chi connectivity index (χ4n) is 3.78. The normalized spacial score (nSPS) is 28.3. The van der Waals surface area contributed by atoms with Crippen molar-refractivity contribution < 1.29 is 22.8 Å². The fourth-order valence-corrected chi connectivity index (χ4v) is 3.78. The Morgan fingerprint density at radius 3 is 2.76 bits per heavy atom. The molecule has 0 radical (unpaired) electrons. The molecule has 0 spiro atoms. The van der Waals surface area contributed by atoms with Crippen LogP contribution in [-0.4, -0.2) is 41.3 Å². The van der Waals surface area contributed by atoms with Crippen molar-refractivity contribution in [3.63, 3.8) is 0 Å². The van der Waals surface area contributed by atoms with E-state index in [1.54, 1.807) is 17.9 Å². The third-order valence-corrected chi connectivity index (χ3v) is 5.32. The van der Waals surface area contributed by atoms with Gasteiger partial charge in [0.1, 0.15) is 12.0 Å². The van der Waals surface area contributed by atoms with E-state index in [0.717, 1.165) is 0 Å². The quantitative estimate of drug-likeness (QED) is 0.904. The van der Waals surface area contributed by atoms with Crippen molar-refractivity contribution in [2.75, 3.05) is 13.1 Å². The monoisotopic (exact) mass is 354 g/mol. The Balaban J connectivity index is 1.56. The predicted octanol–water partition coefficient (Wildman–Crippen LogP) is 3.13. The van der Waals surface area contributed by atoms with E-state index >= 15 is 0 Å². The van der Waals surface area contributed by atoms with Crippen molar-refractivity contribution in [3.05, 3.63) is 23.7 Å². The average molecular weight is 354 g/mol. The van der Waals surface area contributed by atoms with Crippen LogP contribution in [0.2, 0.25) is 0 Å². The zero-order valence-electron chi connectivity index (χ0n) is 14.6. The molecule has 138 valence electrons. The number of alkyl halides is 2. The molecule has 2 heterocycles. The standard InChI is InChI=1S/C18H24F2N2O3/c1-12-8-13(10-25-12)16(24)21-17(2)6-7-22(11-17)15(23)9-14-4-3-5-18(14,19)20/h8,10,14H,3-7,9,11H2,1-2H3,(H,21,24). The Kier molecular flexibility index (Phi) is 4.60. The number of hydrogen-bond acceptors (Lipinski definition) is 3. The van der Waals surface area contributed by atoms with Gasteiger partial charge in [0, 0.05) is 31.8 Å². The summed E-state index contributed by atoms with van der Waals surface area (Å²) in [6.45, 7) is 4.44. The average Bonchev–Trinajstić information content (AvgIpc) is 3.20. The van der Waals surface area contributed by atoms with Crippen LogP contribution in [0.15, 0.2) is 16.7 Å². The fraction of sp³-hybridized carbons (Fsp3) is 0.667. The van der Waals surface area contributed by atoms with Gasteiger partial charge in [0.15, 0.2) is 0 Å². The molecule has 1 N–H and O–H groups in total. The summed E-state index contributed by atoms with van der Waals surface area (Å²) in [6.07, 6.45) is 2.64. The summed E-state index contributed by atoms with van der Waals surface area (Å²) in [6, 6.07) is 1.65. The number of rotatable bonds is 4. The van der Waals surface area contributed by atoms with Crippen LogP contribution >= 0.6 is 0 Å². The molecule has 2 aliphatic rings. The molecule has 7 heteroatoms. The molecule has 1 aromatic rings. The van der Waals surface area contributed by atoms with Gasteiger partial charge in [-0.15, -0.1) is 0 Å². The number of likely N-dealkylation sites (tertiary alicyclic amines) is 1. The molecule has 0 bridgehead atoms. The maximum atomic E-state index is 13.7. The molecule has 25 heavy (non-hydrogen) atoms. The Morgan fingerprint density at radius 2 is 2.16 bits per heavy atom. The topological polar surface area (TPSA) is 62.6 Å². The SMILES string of the molecule is Cc1cc(C(=O)NC2(C)CCN(C(=O)CC3CCCC3(F)F)C2)co1. The van der Waals surface area contributed by atoms with E-state index in [1.165, 1.54) is 6.26 Å². The van der Waals surface area contributed by atoms with E-state index < -0.39 is 17.4 Å². The molecular weight excluding hydrogens is 330 g/mol. The summed E-state index contributed by atoms with van der Waals surface area (Å²) in [5.41, 5.74) is -0.120. The summed E-state index contributed by atoms with van der Waals surface area (Å²) in [4.78, 5) is 26.3. The van der Waals surface area contributed by atoms with Gasteiger partial charge < -0.3 is 14.6 Å². The van der Waals surface area contributed by atoms with Gasteiger partial charge in [0.05, 0.1) is 11.1 Å². The number of aryl methyl sites for hydroxylation is 1. The van der Waals surface area contributed by atoms with Crippen LogP contribution in [0.5, 0.6) is 0 Å². The largest absolute Gasteiger partial charge is 0.469 e. The molecule has 2 amide bonds. The van der Waals surface area contributed by atoms with E-state index in [4.69, 9.17) is 4.42 Å². The number of nitrogens with zero attached hydrogens (tertiary/aromatic N) is 1. The minimum absolute atomic E-state index is 0.113. The van der Waals surface area contributed by atoms with Gasteiger partial charge in [-0.05, 0) is 39.2 Å². The zero-order valence-corrected chi connectivity index (χ0v) is 14.6. The number of carbonyl (C=O) groups is 2. The van der Waals surface area contributed by atoms with Crippen LogP contribution in [0.25, 0.3) is 0 Å². The van der Waals surface area contributed by atoms with Crippen LogP contribution in [0, 0.1) is 12.8 Å². The Labute approximate surface area is 145 Å². The first-order valence-electron chi connectivity index (χ1n) is 8.72. The second kappa shape index (κ2) is 6.42. The smallest absolute Gasteiger partial charge is 0.255 e. The van der Waals surface area contributed by atoms with Gasteiger partial charge in [0.25, 0.3) is 11.8 Å². The molecule has 5 nitrogen and oxygen atoms in total. The minimum atomic E-state index is -2.73. The number of furan rings is 1. The van der Waals surface area contributed by atoms with E-state index in [2.05, 4.69) is 5.32 Å². The molecule has 3 rings (SSSR count). The molecule has 1 aliphatic heterocycles. The molecule has 1 saturated heterocycles. The zero-order chi connectivity index (χ0) is 18.2. The number of carbonyl (C=O) groups excluding carboxylic acids is 2. The summed E-state index contributed by atoms with van der Waals surface area (Å²) in [7, 11) is 0. The van der Waals surface area contributed by atoms with Crippen molar-refractivity contribution >= 4 is 11.8 Å². The summed E-state index contributed by atoms with van der Waals surface area (Å²) in [5, 5.41) is 2.94. The van der Waals surface area contributed by atoms with Crippen molar-refractivity contribution in [2.45, 2.75) is 57.4 Å². The summed E-state index contributed by atoms with van der Waals surface area (Å²) in [5.74, 6) is -3.43. The van der Waals surface area contributed by atoms with Gasteiger partial charge in [-0.25, -0.2) is 8.78 Å². The van der Waals surface area contributed by atoms with Crippen LogP contribution in [0.1, 0.15) is 55.1 Å². The van der Waals surface area contributed by atoms with E-state index in [-0.39, 0.29) is 24.7 Å². The molecule has 1 aliphatic carbocycles. The van der Waals surface area contributed by atoms with Gasteiger partial charge in [-0.3, -0.25) is 9.59 Å². The lowest BCUT2D eigenvalue weighted by Gasteiger charge is -2.27. The summed E-state index contributed by atoms with van der Waals surface area (Å²) >= 11 is 0. The second-order valence-electron chi connectivity index (χ2n) is 7.58. The van der Waals surface area contributed by atoms with Crippen LogP contribution in [-0.2, 0) is 4.79 Å². The van der Waals surface area contributed by atoms with E-state index in [0.29, 0.717) is 43.7 Å². The van der Waals surface area contributed by atoms with Crippen LogP contribution < -0.4 is 5.32 Å². The number of hydrogen-bond donors (Lipinski definition) is 1. The van der Waals surface area contributed by atoms with E-state index in [1.807, 2.05) is 6.92 Å². The summed E-state index contributed by atoms with van der Waals surface area (Å²) < 4.78 is 32.6. The number of nitrogens with one attached hydrogen (secondary N) is 1. The van der Waals surface area contributed by atoms with Gasteiger partial charge in [-0.2, -0.15) is 0 Å². The van der Waals surface area contributed by atoms with E-state index in [9.17, 15) is 18.4 Å². The highest BCUT2D eigenvalue weighted by atomic mass is 19.3. The Bertz CT molecular complexity index is 673. The highest BCUT2D eigenvalue weighted by Gasteiger charge is 2.46. The molecular formula is C18H24F2N2O3. The molecule has 1 aromatic heterocycles. The van der Waals surface area contributed by atoms with Gasteiger partial charge in [-0.1, -0.05) is 0 Å². The third kappa shape index (κ3) is 3.85. The van der Waals surface area contributed by atoms with Crippen LogP contribution in [0.4, 0.5) is 8.78 Å². The van der Waals surface area contributed by atoms with Gasteiger partial charge >= 0.3 is 0 Å². The van der Waals surface area contributed by atoms with Crippen molar-refractivity contribution in [2.24, 2.45) is 5.92 Å². The molecule has 1 saturated carbocycles. The minimum Gasteiger partial charge on any atom is -0.469 e. The molecule has 2 unspecified atom stereocenters. The highest BCUT2D eigenvalue weighted by Crippen LogP contribution is 2.42. The Morgan fingerprint density at radius 1 is 1.40 bits per heavy atom. The van der Waals surface area contributed by atoms with Crippen molar-refractivity contribution in [1.29, 1.82) is 0 Å². The van der Waals surface area contributed by atoms with Crippen LogP contribution in [0.3, 0.4) is 0 Å². The van der Waals surface area contributed by atoms with Crippen molar-refractivity contribution in [3.8, 4) is 0 Å². The lowest BCUT2D eigenvalue weighted by atomic mass is 9.99. The maximum Gasteiger partial charge on any atom is 0.255 e. The molecule has 2 fully saturated rings. The lowest BCUT2D eigenvalue weighted by Crippen LogP contribution is -2.48. The highest BCUT2D eigenvalue weighted by molar-refractivity contribution is 5.94. The first-order chi connectivity index (χ1) is 11.7. The first kappa shape index (κ1) is 17.9. The third-order valence-electron chi connectivity index (χ3n) is 5.32. The lowest BCUT2D eigenvalue weighted by molar-refractivity contribution is -0.135. The molecule has 2 atom stereocenters. The second-order valence-corrected chi connectivity index (χ2v) is 7.58. The maximum absolute atomic E-state index is 13.7. The number of halogens is 2. The molecule has 0 aromatic carbocycles. The number of amides is 2. The Hall–Kier alpha value is -1.92.